The average molecular weight is 173 g/mol. The van der Waals surface area contributed by atoms with Gasteiger partial charge < -0.3 is 0 Å². The van der Waals surface area contributed by atoms with Crippen LogP contribution in [0.25, 0.3) is 0 Å². The van der Waals surface area contributed by atoms with Crippen LogP contribution < -0.4 is 0 Å². The van der Waals surface area contributed by atoms with E-state index in [1.54, 1.807) is 6.07 Å². The third-order valence-corrected chi connectivity index (χ3v) is 1.92. The van der Waals surface area contributed by atoms with Crippen LogP contribution in [-0.4, -0.2) is 0 Å². The predicted molar refractivity (Wildman–Crippen MR) is 45.5 cm³/mol. The first-order chi connectivity index (χ1) is 5.11. The van der Waals surface area contributed by atoms with Gasteiger partial charge in [-0.05, 0) is 29.7 Å². The SMILES string of the molecule is CC(C)c1cc(F)ccc1Cl. The Morgan fingerprint density at radius 1 is 1.36 bits per heavy atom. The van der Waals surface area contributed by atoms with E-state index < -0.39 is 0 Å². The number of hydrogen-bond donors (Lipinski definition) is 0. The quantitative estimate of drug-likeness (QED) is 0.607. The van der Waals surface area contributed by atoms with E-state index in [0.29, 0.717) is 5.02 Å². The first-order valence-corrected chi connectivity index (χ1v) is 3.94. The lowest BCUT2D eigenvalue weighted by molar-refractivity contribution is 0.623. The first kappa shape index (κ1) is 8.54. The van der Waals surface area contributed by atoms with Gasteiger partial charge in [-0.25, -0.2) is 4.39 Å². The van der Waals surface area contributed by atoms with Crippen LogP contribution in [-0.2, 0) is 0 Å². The molecule has 0 atom stereocenters. The summed E-state index contributed by atoms with van der Waals surface area (Å²) in [4.78, 5) is 0. The van der Waals surface area contributed by atoms with Gasteiger partial charge in [0.15, 0.2) is 0 Å². The fraction of sp³-hybridized carbons (Fsp3) is 0.333. The van der Waals surface area contributed by atoms with E-state index in [0.717, 1.165) is 5.56 Å². The molecule has 2 heteroatoms. The van der Waals surface area contributed by atoms with Gasteiger partial charge in [-0.2, -0.15) is 0 Å². The zero-order chi connectivity index (χ0) is 8.43. The summed E-state index contributed by atoms with van der Waals surface area (Å²) in [5.74, 6) is 0.0521. The second-order valence-electron chi connectivity index (χ2n) is 2.82. The summed E-state index contributed by atoms with van der Waals surface area (Å²) in [5.41, 5.74) is 0.867. The van der Waals surface area contributed by atoms with Crippen molar-refractivity contribution in [3.63, 3.8) is 0 Å². The van der Waals surface area contributed by atoms with E-state index in [9.17, 15) is 4.39 Å². The lowest BCUT2D eigenvalue weighted by Crippen LogP contribution is -1.89. The molecule has 0 fully saturated rings. The molecule has 0 N–H and O–H groups in total. The molecule has 0 saturated heterocycles. The monoisotopic (exact) mass is 172 g/mol. The lowest BCUT2D eigenvalue weighted by atomic mass is 10.0. The highest BCUT2D eigenvalue weighted by molar-refractivity contribution is 6.31. The maximum absolute atomic E-state index is 12.6. The van der Waals surface area contributed by atoms with Gasteiger partial charge in [-0.15, -0.1) is 0 Å². The van der Waals surface area contributed by atoms with Crippen molar-refractivity contribution in [2.24, 2.45) is 0 Å². The molecule has 0 heterocycles. The highest BCUT2D eigenvalue weighted by Gasteiger charge is 2.04. The van der Waals surface area contributed by atoms with Gasteiger partial charge in [-0.1, -0.05) is 25.4 Å². The Labute approximate surface area is 71.0 Å². The third-order valence-electron chi connectivity index (χ3n) is 1.58. The Bertz CT molecular complexity index is 256. The van der Waals surface area contributed by atoms with E-state index in [1.165, 1.54) is 12.1 Å². The molecule has 0 amide bonds. The maximum atomic E-state index is 12.6. The van der Waals surface area contributed by atoms with Crippen LogP contribution >= 0.6 is 11.6 Å². The molecule has 0 radical (unpaired) electrons. The largest absolute Gasteiger partial charge is 0.207 e. The number of benzene rings is 1. The minimum Gasteiger partial charge on any atom is -0.207 e. The molecule has 0 spiro atoms. The van der Waals surface area contributed by atoms with Crippen molar-refractivity contribution in [3.8, 4) is 0 Å². The van der Waals surface area contributed by atoms with Crippen LogP contribution in [0.5, 0.6) is 0 Å². The molecule has 1 aromatic rings. The minimum absolute atomic E-state index is 0.224. The van der Waals surface area contributed by atoms with Gasteiger partial charge in [0.2, 0.25) is 0 Å². The van der Waals surface area contributed by atoms with Crippen LogP contribution in [0.1, 0.15) is 25.3 Å². The molecular formula is C9H10ClF. The molecule has 0 bridgehead atoms. The molecule has 0 aliphatic rings. The molecule has 11 heavy (non-hydrogen) atoms. The van der Waals surface area contributed by atoms with Gasteiger partial charge in [0, 0.05) is 5.02 Å². The molecule has 0 aromatic heterocycles. The smallest absolute Gasteiger partial charge is 0.123 e. The molecule has 0 aliphatic carbocycles. The van der Waals surface area contributed by atoms with Crippen molar-refractivity contribution in [1.82, 2.24) is 0 Å². The fourth-order valence-electron chi connectivity index (χ4n) is 0.957. The number of hydrogen-bond acceptors (Lipinski definition) is 0. The van der Waals surface area contributed by atoms with Crippen LogP contribution in [0.3, 0.4) is 0 Å². The van der Waals surface area contributed by atoms with Gasteiger partial charge in [0.25, 0.3) is 0 Å². The second kappa shape index (κ2) is 3.22. The van der Waals surface area contributed by atoms with E-state index in [2.05, 4.69) is 0 Å². The number of halogens is 2. The van der Waals surface area contributed by atoms with Crippen LogP contribution in [0, 0.1) is 5.82 Å². The molecule has 0 nitrogen and oxygen atoms in total. The zero-order valence-corrected chi connectivity index (χ0v) is 7.32. The van der Waals surface area contributed by atoms with Crippen LogP contribution in [0.2, 0.25) is 5.02 Å². The minimum atomic E-state index is -0.224. The van der Waals surface area contributed by atoms with E-state index in [1.807, 2.05) is 13.8 Å². The molecule has 0 aliphatic heterocycles. The van der Waals surface area contributed by atoms with Crippen molar-refractivity contribution < 1.29 is 4.39 Å². The standard InChI is InChI=1S/C9H10ClF/c1-6(2)8-5-7(11)3-4-9(8)10/h3-6H,1-2H3. The molecule has 60 valence electrons. The van der Waals surface area contributed by atoms with Crippen molar-refractivity contribution in [3.05, 3.63) is 34.6 Å². The predicted octanol–water partition coefficient (Wildman–Crippen LogP) is 3.60. The summed E-state index contributed by atoms with van der Waals surface area (Å²) in [7, 11) is 0. The summed E-state index contributed by atoms with van der Waals surface area (Å²) in [5, 5.41) is 0.640. The van der Waals surface area contributed by atoms with Crippen molar-refractivity contribution in [2.75, 3.05) is 0 Å². The van der Waals surface area contributed by atoms with E-state index in [-0.39, 0.29) is 11.7 Å². The summed E-state index contributed by atoms with van der Waals surface area (Å²) in [6.45, 7) is 3.97. The molecule has 1 rings (SSSR count). The summed E-state index contributed by atoms with van der Waals surface area (Å²) in [6.07, 6.45) is 0. The molecule has 0 saturated carbocycles. The molecular weight excluding hydrogens is 163 g/mol. The summed E-state index contributed by atoms with van der Waals surface area (Å²) < 4.78 is 12.6. The summed E-state index contributed by atoms with van der Waals surface area (Å²) in [6, 6.07) is 4.44. The Kier molecular flexibility index (Phi) is 2.50. The van der Waals surface area contributed by atoms with Gasteiger partial charge in [-0.3, -0.25) is 0 Å². The van der Waals surface area contributed by atoms with Crippen molar-refractivity contribution >= 4 is 11.6 Å². The molecule has 0 unspecified atom stereocenters. The topological polar surface area (TPSA) is 0 Å². The van der Waals surface area contributed by atoms with Crippen molar-refractivity contribution in [2.45, 2.75) is 19.8 Å². The van der Waals surface area contributed by atoms with Gasteiger partial charge in [0.05, 0.1) is 0 Å². The number of rotatable bonds is 1. The Hall–Kier alpha value is -0.560. The van der Waals surface area contributed by atoms with Gasteiger partial charge in [0.1, 0.15) is 5.82 Å². The van der Waals surface area contributed by atoms with E-state index in [4.69, 9.17) is 11.6 Å². The third kappa shape index (κ3) is 1.93. The van der Waals surface area contributed by atoms with Crippen LogP contribution in [0.4, 0.5) is 4.39 Å². The Morgan fingerprint density at radius 2 is 2.00 bits per heavy atom. The highest BCUT2D eigenvalue weighted by Crippen LogP contribution is 2.24. The molecule has 1 aromatic carbocycles. The lowest BCUT2D eigenvalue weighted by Gasteiger charge is -2.06. The Balaban J connectivity index is 3.13. The van der Waals surface area contributed by atoms with Gasteiger partial charge >= 0.3 is 0 Å². The van der Waals surface area contributed by atoms with E-state index >= 15 is 0 Å². The average Bonchev–Trinajstić information content (AvgIpc) is 1.94. The normalized spacial score (nSPS) is 10.6. The fourth-order valence-corrected chi connectivity index (χ4v) is 1.29. The maximum Gasteiger partial charge on any atom is 0.123 e. The Morgan fingerprint density at radius 3 is 2.45 bits per heavy atom. The summed E-state index contributed by atoms with van der Waals surface area (Å²) >= 11 is 5.82. The first-order valence-electron chi connectivity index (χ1n) is 3.56. The van der Waals surface area contributed by atoms with Crippen molar-refractivity contribution in [1.29, 1.82) is 0 Å². The zero-order valence-electron chi connectivity index (χ0n) is 6.57. The second-order valence-corrected chi connectivity index (χ2v) is 3.23. The highest BCUT2D eigenvalue weighted by atomic mass is 35.5. The van der Waals surface area contributed by atoms with Crippen LogP contribution in [0.15, 0.2) is 18.2 Å².